The van der Waals surface area contributed by atoms with Crippen LogP contribution < -0.4 is 10.1 Å². The van der Waals surface area contributed by atoms with Gasteiger partial charge in [-0.25, -0.2) is 4.39 Å². The van der Waals surface area contributed by atoms with E-state index in [1.165, 1.54) is 25.7 Å². The lowest BCUT2D eigenvalue weighted by atomic mass is 10.2. The molecular formula is C15H22FNO. The SMILES string of the molecule is Cc1cccc(OC(C)CNC2CCCC2)c1F. The van der Waals surface area contributed by atoms with Crippen LogP contribution >= 0.6 is 0 Å². The molecule has 1 unspecified atom stereocenters. The molecule has 0 aliphatic heterocycles. The molecule has 100 valence electrons. The molecule has 1 atom stereocenters. The van der Waals surface area contributed by atoms with Gasteiger partial charge < -0.3 is 10.1 Å². The van der Waals surface area contributed by atoms with Gasteiger partial charge in [-0.15, -0.1) is 0 Å². The molecule has 2 rings (SSSR count). The average Bonchev–Trinajstić information content (AvgIpc) is 2.86. The molecule has 1 fully saturated rings. The zero-order chi connectivity index (χ0) is 13.0. The van der Waals surface area contributed by atoms with Crippen molar-refractivity contribution in [2.75, 3.05) is 6.54 Å². The van der Waals surface area contributed by atoms with Gasteiger partial charge in [-0.2, -0.15) is 0 Å². The highest BCUT2D eigenvalue weighted by Gasteiger charge is 2.16. The zero-order valence-corrected chi connectivity index (χ0v) is 11.2. The van der Waals surface area contributed by atoms with Gasteiger partial charge >= 0.3 is 0 Å². The molecule has 1 aromatic rings. The Morgan fingerprint density at radius 2 is 2.11 bits per heavy atom. The van der Waals surface area contributed by atoms with Crippen LogP contribution in [-0.2, 0) is 0 Å². The van der Waals surface area contributed by atoms with Crippen molar-refractivity contribution in [3.05, 3.63) is 29.6 Å². The maximum Gasteiger partial charge on any atom is 0.167 e. The second kappa shape index (κ2) is 6.19. The van der Waals surface area contributed by atoms with Crippen LogP contribution in [-0.4, -0.2) is 18.7 Å². The van der Waals surface area contributed by atoms with E-state index < -0.39 is 0 Å². The lowest BCUT2D eigenvalue weighted by Gasteiger charge is -2.19. The van der Waals surface area contributed by atoms with E-state index in [0.29, 0.717) is 17.4 Å². The monoisotopic (exact) mass is 251 g/mol. The summed E-state index contributed by atoms with van der Waals surface area (Å²) in [5.74, 6) is 0.112. The molecule has 2 nitrogen and oxygen atoms in total. The lowest BCUT2D eigenvalue weighted by molar-refractivity contribution is 0.202. The quantitative estimate of drug-likeness (QED) is 0.865. The van der Waals surface area contributed by atoms with Crippen LogP contribution in [0.25, 0.3) is 0 Å². The van der Waals surface area contributed by atoms with Crippen LogP contribution in [0.1, 0.15) is 38.2 Å². The van der Waals surface area contributed by atoms with E-state index in [1.807, 2.05) is 13.0 Å². The second-order valence-corrected chi connectivity index (χ2v) is 5.21. The Balaban J connectivity index is 1.82. The third-order valence-corrected chi connectivity index (χ3v) is 3.53. The highest BCUT2D eigenvalue weighted by Crippen LogP contribution is 2.21. The van der Waals surface area contributed by atoms with E-state index in [4.69, 9.17) is 4.74 Å². The minimum Gasteiger partial charge on any atom is -0.486 e. The fraction of sp³-hybridized carbons (Fsp3) is 0.600. The summed E-state index contributed by atoms with van der Waals surface area (Å²) in [7, 11) is 0. The number of aryl methyl sites for hydroxylation is 1. The number of ether oxygens (including phenoxy) is 1. The van der Waals surface area contributed by atoms with Crippen molar-refractivity contribution in [1.29, 1.82) is 0 Å². The highest BCUT2D eigenvalue weighted by molar-refractivity contribution is 5.30. The topological polar surface area (TPSA) is 21.3 Å². The standard InChI is InChI=1S/C15H22FNO/c1-11-6-5-9-14(15(11)16)18-12(2)10-17-13-7-3-4-8-13/h5-6,9,12-13,17H,3-4,7-8,10H2,1-2H3. The first-order chi connectivity index (χ1) is 8.66. The lowest BCUT2D eigenvalue weighted by Crippen LogP contribution is -2.35. The maximum atomic E-state index is 13.8. The minimum absolute atomic E-state index is 0.0121. The van der Waals surface area contributed by atoms with Crippen molar-refractivity contribution >= 4 is 0 Å². The van der Waals surface area contributed by atoms with Gasteiger partial charge in [0.05, 0.1) is 0 Å². The Hall–Kier alpha value is -1.09. The summed E-state index contributed by atoms with van der Waals surface area (Å²) in [6.45, 7) is 4.51. The molecule has 1 aromatic carbocycles. The van der Waals surface area contributed by atoms with Gasteiger partial charge in [0.2, 0.25) is 0 Å². The summed E-state index contributed by atoms with van der Waals surface area (Å²) in [6.07, 6.45) is 5.14. The molecule has 18 heavy (non-hydrogen) atoms. The smallest absolute Gasteiger partial charge is 0.167 e. The Morgan fingerprint density at radius 1 is 1.39 bits per heavy atom. The van der Waals surface area contributed by atoms with Crippen LogP contribution in [0.15, 0.2) is 18.2 Å². The van der Waals surface area contributed by atoms with Gasteiger partial charge in [0.15, 0.2) is 11.6 Å². The van der Waals surface area contributed by atoms with Crippen LogP contribution in [0.2, 0.25) is 0 Å². The first-order valence-corrected chi connectivity index (χ1v) is 6.82. The molecule has 0 heterocycles. The first-order valence-electron chi connectivity index (χ1n) is 6.82. The fourth-order valence-electron chi connectivity index (χ4n) is 2.43. The molecule has 0 aromatic heterocycles. The van der Waals surface area contributed by atoms with Gasteiger partial charge in [0.1, 0.15) is 6.10 Å². The Bertz CT molecular complexity index is 388. The molecule has 1 saturated carbocycles. The number of benzene rings is 1. The Morgan fingerprint density at radius 3 is 2.83 bits per heavy atom. The Kier molecular flexibility index (Phi) is 4.59. The highest BCUT2D eigenvalue weighted by atomic mass is 19.1. The molecule has 1 aliphatic carbocycles. The maximum absolute atomic E-state index is 13.8. The van der Waals surface area contributed by atoms with Crippen molar-refractivity contribution in [2.45, 2.75) is 51.7 Å². The molecule has 0 bridgehead atoms. The van der Waals surface area contributed by atoms with E-state index in [-0.39, 0.29) is 11.9 Å². The third-order valence-electron chi connectivity index (χ3n) is 3.53. The second-order valence-electron chi connectivity index (χ2n) is 5.21. The number of rotatable bonds is 5. The summed E-state index contributed by atoms with van der Waals surface area (Å²) in [5.41, 5.74) is 0.628. The molecule has 1 N–H and O–H groups in total. The van der Waals surface area contributed by atoms with Crippen molar-refractivity contribution in [2.24, 2.45) is 0 Å². The van der Waals surface area contributed by atoms with Crippen molar-refractivity contribution in [1.82, 2.24) is 5.32 Å². The van der Waals surface area contributed by atoms with E-state index in [1.54, 1.807) is 19.1 Å². The van der Waals surface area contributed by atoms with Gasteiger partial charge in [-0.3, -0.25) is 0 Å². The van der Waals surface area contributed by atoms with E-state index >= 15 is 0 Å². The molecular weight excluding hydrogens is 229 g/mol. The normalized spacial score (nSPS) is 17.9. The van der Waals surface area contributed by atoms with Crippen LogP contribution in [0.4, 0.5) is 4.39 Å². The molecule has 0 spiro atoms. The van der Waals surface area contributed by atoms with Gasteiger partial charge in [0, 0.05) is 12.6 Å². The molecule has 0 amide bonds. The molecule has 3 heteroatoms. The van der Waals surface area contributed by atoms with Crippen molar-refractivity contribution in [3.8, 4) is 5.75 Å². The van der Waals surface area contributed by atoms with Gasteiger partial charge in [-0.1, -0.05) is 25.0 Å². The minimum atomic E-state index is -0.245. The zero-order valence-electron chi connectivity index (χ0n) is 11.2. The van der Waals surface area contributed by atoms with E-state index in [0.717, 1.165) is 6.54 Å². The third kappa shape index (κ3) is 3.45. The predicted octanol–water partition coefficient (Wildman–Crippen LogP) is 3.43. The van der Waals surface area contributed by atoms with Crippen LogP contribution in [0.5, 0.6) is 5.75 Å². The van der Waals surface area contributed by atoms with Gasteiger partial charge in [0.25, 0.3) is 0 Å². The van der Waals surface area contributed by atoms with Crippen molar-refractivity contribution in [3.63, 3.8) is 0 Å². The predicted molar refractivity (Wildman–Crippen MR) is 71.5 cm³/mol. The summed E-state index contributed by atoms with van der Waals surface area (Å²) < 4.78 is 19.4. The van der Waals surface area contributed by atoms with E-state index in [9.17, 15) is 4.39 Å². The van der Waals surface area contributed by atoms with Crippen molar-refractivity contribution < 1.29 is 9.13 Å². The molecule has 0 radical (unpaired) electrons. The largest absolute Gasteiger partial charge is 0.486 e. The van der Waals surface area contributed by atoms with E-state index in [2.05, 4.69) is 5.32 Å². The fourth-order valence-corrected chi connectivity index (χ4v) is 2.43. The first kappa shape index (κ1) is 13.3. The van der Waals surface area contributed by atoms with Gasteiger partial charge in [-0.05, 0) is 38.3 Å². The molecule has 0 saturated heterocycles. The summed E-state index contributed by atoms with van der Waals surface area (Å²) in [5, 5.41) is 3.49. The van der Waals surface area contributed by atoms with Crippen LogP contribution in [0, 0.1) is 12.7 Å². The summed E-state index contributed by atoms with van der Waals surface area (Å²) in [6, 6.07) is 5.89. The Labute approximate surface area is 109 Å². The summed E-state index contributed by atoms with van der Waals surface area (Å²) >= 11 is 0. The summed E-state index contributed by atoms with van der Waals surface area (Å²) in [4.78, 5) is 0. The molecule has 1 aliphatic rings. The number of nitrogens with one attached hydrogen (secondary N) is 1. The average molecular weight is 251 g/mol. The number of halogens is 1. The number of hydrogen-bond acceptors (Lipinski definition) is 2. The number of hydrogen-bond donors (Lipinski definition) is 1. The van der Waals surface area contributed by atoms with Crippen LogP contribution in [0.3, 0.4) is 0 Å².